The Bertz CT molecular complexity index is 1160. The van der Waals surface area contributed by atoms with Crippen LogP contribution in [-0.4, -0.2) is 47.6 Å². The highest BCUT2D eigenvalue weighted by Crippen LogP contribution is 2.25. The fraction of sp³-hybridized carbons (Fsp3) is 0.367. The third-order valence-corrected chi connectivity index (χ3v) is 7.26. The molecule has 2 aromatic carbocycles. The molecule has 0 bridgehead atoms. The highest BCUT2D eigenvalue weighted by atomic mass is 16.4. The van der Waals surface area contributed by atoms with Crippen molar-refractivity contribution in [3.8, 4) is 0 Å². The van der Waals surface area contributed by atoms with Crippen LogP contribution in [0.25, 0.3) is 0 Å². The van der Waals surface area contributed by atoms with Crippen molar-refractivity contribution < 1.29 is 14.7 Å². The van der Waals surface area contributed by atoms with Crippen LogP contribution < -0.4 is 15.5 Å². The van der Waals surface area contributed by atoms with Gasteiger partial charge in [-0.2, -0.15) is 0 Å². The van der Waals surface area contributed by atoms with Gasteiger partial charge in [0, 0.05) is 37.9 Å². The molecule has 1 unspecified atom stereocenters. The predicted molar refractivity (Wildman–Crippen MR) is 147 cm³/mol. The number of carbonyl (C=O) groups excluding carboxylic acids is 1. The van der Waals surface area contributed by atoms with Crippen LogP contribution in [-0.2, 0) is 21.4 Å². The first-order valence-electron chi connectivity index (χ1n) is 12.9. The monoisotopic (exact) mass is 500 g/mol. The normalized spacial score (nSPS) is 15.1. The predicted octanol–water partition coefficient (Wildman–Crippen LogP) is 4.50. The third-order valence-electron chi connectivity index (χ3n) is 7.26. The Morgan fingerprint density at radius 2 is 1.68 bits per heavy atom. The molecule has 3 N–H and O–H groups in total. The zero-order chi connectivity index (χ0) is 26.3. The van der Waals surface area contributed by atoms with E-state index in [1.165, 1.54) is 0 Å². The summed E-state index contributed by atoms with van der Waals surface area (Å²) in [6.07, 6.45) is 4.23. The van der Waals surface area contributed by atoms with Gasteiger partial charge in [-0.1, -0.05) is 48.5 Å². The number of carboxylic acids is 1. The number of piperidine rings is 1. The van der Waals surface area contributed by atoms with Crippen LogP contribution in [0.3, 0.4) is 0 Å². The number of benzene rings is 2. The minimum Gasteiger partial charge on any atom is -0.480 e. The Hall–Kier alpha value is -3.87. The van der Waals surface area contributed by atoms with E-state index in [0.29, 0.717) is 5.92 Å². The van der Waals surface area contributed by atoms with Crippen LogP contribution in [0.5, 0.6) is 0 Å². The Morgan fingerprint density at radius 3 is 2.30 bits per heavy atom. The second-order valence-corrected chi connectivity index (χ2v) is 10.3. The second-order valence-electron chi connectivity index (χ2n) is 10.3. The van der Waals surface area contributed by atoms with Gasteiger partial charge in [-0.15, -0.1) is 0 Å². The molecule has 7 heteroatoms. The Morgan fingerprint density at radius 1 is 1.00 bits per heavy atom. The molecule has 2 heterocycles. The average molecular weight is 501 g/mol. The zero-order valence-electron chi connectivity index (χ0n) is 21.6. The lowest BCUT2D eigenvalue weighted by Crippen LogP contribution is -2.49. The smallest absolute Gasteiger partial charge is 0.326 e. The zero-order valence-corrected chi connectivity index (χ0v) is 21.6. The maximum Gasteiger partial charge on any atom is 0.326 e. The summed E-state index contributed by atoms with van der Waals surface area (Å²) in [5, 5.41) is 16.0. The van der Waals surface area contributed by atoms with Crippen LogP contribution in [0.15, 0.2) is 79.0 Å². The fourth-order valence-electron chi connectivity index (χ4n) is 4.71. The van der Waals surface area contributed by atoms with Crippen LogP contribution in [0.2, 0.25) is 0 Å². The molecule has 1 saturated heterocycles. The van der Waals surface area contributed by atoms with Crippen LogP contribution in [0.1, 0.15) is 37.8 Å². The number of aliphatic carboxylic acids is 1. The van der Waals surface area contributed by atoms with Crippen LogP contribution in [0.4, 0.5) is 11.5 Å². The van der Waals surface area contributed by atoms with Crippen molar-refractivity contribution in [2.75, 3.05) is 29.9 Å². The Balaban J connectivity index is 1.29. The lowest BCUT2D eigenvalue weighted by molar-refractivity contribution is -0.142. The van der Waals surface area contributed by atoms with Crippen LogP contribution >= 0.6 is 0 Å². The lowest BCUT2D eigenvalue weighted by Gasteiger charge is -2.34. The summed E-state index contributed by atoms with van der Waals surface area (Å²) in [7, 11) is 0. The molecular weight excluding hydrogens is 464 g/mol. The van der Waals surface area contributed by atoms with E-state index in [2.05, 4.69) is 32.7 Å². The molecule has 37 heavy (non-hydrogen) atoms. The van der Waals surface area contributed by atoms with Crippen molar-refractivity contribution >= 4 is 23.4 Å². The SMILES string of the molecule is CC(C)(C(=O)NC(Cc1ccc(N2CCC(CNc3ccccn3)CC2)cc1)C(=O)O)c1ccccc1. The quantitative estimate of drug-likeness (QED) is 0.380. The Labute approximate surface area is 218 Å². The van der Waals surface area contributed by atoms with E-state index in [4.69, 9.17) is 0 Å². The molecule has 7 nitrogen and oxygen atoms in total. The van der Waals surface area contributed by atoms with Crippen molar-refractivity contribution in [3.05, 3.63) is 90.1 Å². The number of carboxylic acid groups (broad SMARTS) is 1. The van der Waals surface area contributed by atoms with Gasteiger partial charge in [0.15, 0.2) is 0 Å². The minimum atomic E-state index is -1.04. The van der Waals surface area contributed by atoms with E-state index in [1.54, 1.807) is 6.20 Å². The third kappa shape index (κ3) is 6.88. The van der Waals surface area contributed by atoms with Crippen molar-refractivity contribution in [2.45, 2.75) is 44.6 Å². The fourth-order valence-corrected chi connectivity index (χ4v) is 4.71. The number of carbonyl (C=O) groups is 2. The van der Waals surface area contributed by atoms with E-state index in [9.17, 15) is 14.7 Å². The largest absolute Gasteiger partial charge is 0.480 e. The molecule has 194 valence electrons. The standard InChI is InChI=1S/C30H36N4O3/c1-30(2,24-8-4-3-5-9-24)29(37)33-26(28(35)36)20-22-11-13-25(14-12-22)34-18-15-23(16-19-34)21-32-27-10-6-7-17-31-27/h3-14,17,23,26H,15-16,18-21H2,1-2H3,(H,31,32)(H,33,37)(H,35,36). The van der Waals surface area contributed by atoms with Crippen molar-refractivity contribution in [1.29, 1.82) is 0 Å². The number of rotatable bonds is 10. The number of pyridine rings is 1. The number of hydrogen-bond acceptors (Lipinski definition) is 5. The maximum atomic E-state index is 13.0. The van der Waals surface area contributed by atoms with E-state index < -0.39 is 17.4 Å². The lowest BCUT2D eigenvalue weighted by atomic mass is 9.83. The molecule has 1 aliphatic rings. The van der Waals surface area contributed by atoms with Crippen molar-refractivity contribution in [3.63, 3.8) is 0 Å². The molecule has 0 aliphatic carbocycles. The van der Waals surface area contributed by atoms with Gasteiger partial charge in [-0.3, -0.25) is 4.79 Å². The van der Waals surface area contributed by atoms with Gasteiger partial charge in [-0.05, 0) is 68.0 Å². The second kappa shape index (κ2) is 11.9. The molecular formula is C30H36N4O3. The van der Waals surface area contributed by atoms with E-state index in [0.717, 1.165) is 55.1 Å². The number of amides is 1. The summed E-state index contributed by atoms with van der Waals surface area (Å²) in [6, 6.07) is 22.3. The summed E-state index contributed by atoms with van der Waals surface area (Å²) in [5.74, 6) is 0.184. The first-order valence-corrected chi connectivity index (χ1v) is 12.9. The average Bonchev–Trinajstić information content (AvgIpc) is 2.93. The first kappa shape index (κ1) is 26.2. The number of aromatic nitrogens is 1. The van der Waals surface area contributed by atoms with Gasteiger partial charge in [0.25, 0.3) is 0 Å². The summed E-state index contributed by atoms with van der Waals surface area (Å²) < 4.78 is 0. The molecule has 1 aliphatic heterocycles. The number of nitrogens with one attached hydrogen (secondary N) is 2. The topological polar surface area (TPSA) is 94.6 Å². The van der Waals surface area contributed by atoms with Gasteiger partial charge in [-0.25, -0.2) is 9.78 Å². The molecule has 0 radical (unpaired) electrons. The van der Waals surface area contributed by atoms with Gasteiger partial charge >= 0.3 is 5.97 Å². The van der Waals surface area contributed by atoms with E-state index >= 15 is 0 Å². The molecule has 1 amide bonds. The number of anilines is 2. The summed E-state index contributed by atoms with van der Waals surface area (Å²) >= 11 is 0. The van der Waals surface area contributed by atoms with Crippen molar-refractivity contribution in [1.82, 2.24) is 10.3 Å². The summed E-state index contributed by atoms with van der Waals surface area (Å²) in [6.45, 7) is 6.51. The van der Waals surface area contributed by atoms with Gasteiger partial charge in [0.2, 0.25) is 5.91 Å². The first-order chi connectivity index (χ1) is 17.8. The van der Waals surface area contributed by atoms with Crippen LogP contribution in [0, 0.1) is 5.92 Å². The molecule has 3 aromatic rings. The van der Waals surface area contributed by atoms with Gasteiger partial charge in [0.05, 0.1) is 5.41 Å². The molecule has 0 saturated carbocycles. The molecule has 1 aromatic heterocycles. The summed E-state index contributed by atoms with van der Waals surface area (Å²) in [5.41, 5.74) is 2.03. The molecule has 1 fully saturated rings. The maximum absolute atomic E-state index is 13.0. The molecule has 4 rings (SSSR count). The minimum absolute atomic E-state index is 0.230. The van der Waals surface area contributed by atoms with Gasteiger partial charge in [0.1, 0.15) is 11.9 Å². The Kier molecular flexibility index (Phi) is 8.43. The molecule has 0 spiro atoms. The highest BCUT2D eigenvalue weighted by Gasteiger charge is 2.33. The van der Waals surface area contributed by atoms with Crippen molar-refractivity contribution in [2.24, 2.45) is 5.92 Å². The molecule has 1 atom stereocenters. The number of nitrogens with zero attached hydrogens (tertiary/aromatic N) is 2. The van der Waals surface area contributed by atoms with E-state index in [-0.39, 0.29) is 12.3 Å². The van der Waals surface area contributed by atoms with E-state index in [1.807, 2.05) is 74.5 Å². The van der Waals surface area contributed by atoms with Gasteiger partial charge < -0.3 is 20.6 Å². The number of hydrogen-bond donors (Lipinski definition) is 3. The highest BCUT2D eigenvalue weighted by molar-refractivity contribution is 5.91. The summed E-state index contributed by atoms with van der Waals surface area (Å²) in [4.78, 5) is 31.7.